The van der Waals surface area contributed by atoms with E-state index < -0.39 is 0 Å². The van der Waals surface area contributed by atoms with E-state index in [4.69, 9.17) is 4.74 Å². The number of anilines is 1. The molecule has 0 aliphatic rings. The van der Waals surface area contributed by atoms with E-state index in [0.29, 0.717) is 12.6 Å². The molecule has 0 radical (unpaired) electrons. The fourth-order valence-corrected chi connectivity index (χ4v) is 3.22. The van der Waals surface area contributed by atoms with E-state index in [1.807, 2.05) is 0 Å². The molecular formula is C13H25N3O2S. The lowest BCUT2D eigenvalue weighted by atomic mass is 10.3. The average Bonchev–Trinajstić information content (AvgIpc) is 2.72. The van der Waals surface area contributed by atoms with Gasteiger partial charge < -0.3 is 19.6 Å². The highest BCUT2D eigenvalue weighted by atomic mass is 32.1. The van der Waals surface area contributed by atoms with E-state index in [1.54, 1.807) is 18.4 Å². The second kappa shape index (κ2) is 7.79. The van der Waals surface area contributed by atoms with Crippen LogP contribution in [0.15, 0.2) is 0 Å². The van der Waals surface area contributed by atoms with Crippen molar-refractivity contribution >= 4 is 16.5 Å². The van der Waals surface area contributed by atoms with Crippen LogP contribution in [0.2, 0.25) is 0 Å². The third kappa shape index (κ3) is 4.42. The van der Waals surface area contributed by atoms with Gasteiger partial charge in [0.1, 0.15) is 0 Å². The van der Waals surface area contributed by atoms with Gasteiger partial charge >= 0.3 is 0 Å². The predicted molar refractivity (Wildman–Crippen MR) is 79.8 cm³/mol. The summed E-state index contributed by atoms with van der Waals surface area (Å²) in [6.07, 6.45) is 0. The van der Waals surface area contributed by atoms with Crippen LogP contribution < -0.4 is 4.90 Å². The Balaban J connectivity index is 2.91. The zero-order valence-corrected chi connectivity index (χ0v) is 13.3. The number of methoxy groups -OCH3 is 1. The number of aromatic nitrogens is 1. The first-order valence-electron chi connectivity index (χ1n) is 6.53. The molecule has 0 bridgehead atoms. The molecule has 0 spiro atoms. The van der Waals surface area contributed by atoms with Crippen LogP contribution in [0, 0.1) is 0 Å². The number of likely N-dealkylation sites (N-methyl/N-ethyl adjacent to an activating group) is 2. The van der Waals surface area contributed by atoms with Gasteiger partial charge in [-0.2, -0.15) is 0 Å². The summed E-state index contributed by atoms with van der Waals surface area (Å²) in [5, 5.41) is 10.4. The Morgan fingerprint density at radius 2 is 2.11 bits per heavy atom. The molecule has 5 nitrogen and oxygen atoms in total. The average molecular weight is 287 g/mol. The minimum Gasteiger partial charge on any atom is -0.391 e. The topological polar surface area (TPSA) is 48.8 Å². The van der Waals surface area contributed by atoms with Crippen LogP contribution in [-0.2, 0) is 18.0 Å². The molecule has 19 heavy (non-hydrogen) atoms. The summed E-state index contributed by atoms with van der Waals surface area (Å²) in [6, 6.07) is 0.382. The van der Waals surface area contributed by atoms with E-state index in [2.05, 4.69) is 42.7 Å². The van der Waals surface area contributed by atoms with Crippen molar-refractivity contribution in [1.82, 2.24) is 9.88 Å². The standard InChI is InChI=1S/C13H25N3O2S/c1-6-16(10(2)7-15(3)4)13-14-11(9-18-5)12(8-17)19-13/h10,17H,6-9H2,1-5H3. The molecule has 1 N–H and O–H groups in total. The summed E-state index contributed by atoms with van der Waals surface area (Å²) in [5.41, 5.74) is 0.848. The van der Waals surface area contributed by atoms with Gasteiger partial charge in [0.25, 0.3) is 0 Å². The number of hydrogen-bond donors (Lipinski definition) is 1. The number of nitrogens with zero attached hydrogens (tertiary/aromatic N) is 3. The number of thiazole rings is 1. The van der Waals surface area contributed by atoms with Crippen molar-refractivity contribution in [3.63, 3.8) is 0 Å². The first-order valence-corrected chi connectivity index (χ1v) is 7.34. The molecule has 1 unspecified atom stereocenters. The molecule has 1 aromatic heterocycles. The van der Waals surface area contributed by atoms with Crippen LogP contribution in [0.3, 0.4) is 0 Å². The second-order valence-corrected chi connectivity index (χ2v) is 5.92. The van der Waals surface area contributed by atoms with E-state index in [1.165, 1.54) is 0 Å². The van der Waals surface area contributed by atoms with Gasteiger partial charge in [-0.1, -0.05) is 11.3 Å². The van der Waals surface area contributed by atoms with Gasteiger partial charge in [0.15, 0.2) is 5.13 Å². The van der Waals surface area contributed by atoms with Crippen molar-refractivity contribution in [2.24, 2.45) is 0 Å². The van der Waals surface area contributed by atoms with Crippen molar-refractivity contribution in [2.75, 3.05) is 39.2 Å². The molecule has 0 aromatic carbocycles. The van der Waals surface area contributed by atoms with Crippen molar-refractivity contribution in [2.45, 2.75) is 33.1 Å². The van der Waals surface area contributed by atoms with E-state index in [9.17, 15) is 5.11 Å². The largest absolute Gasteiger partial charge is 0.391 e. The van der Waals surface area contributed by atoms with Gasteiger partial charge in [0.2, 0.25) is 0 Å². The molecule has 6 heteroatoms. The highest BCUT2D eigenvalue weighted by molar-refractivity contribution is 7.15. The predicted octanol–water partition coefficient (Wildman–Crippen LogP) is 1.56. The Morgan fingerprint density at radius 3 is 2.58 bits per heavy atom. The summed E-state index contributed by atoms with van der Waals surface area (Å²) >= 11 is 1.55. The van der Waals surface area contributed by atoms with E-state index in [0.717, 1.165) is 28.8 Å². The van der Waals surface area contributed by atoms with Gasteiger partial charge in [-0.3, -0.25) is 0 Å². The highest BCUT2D eigenvalue weighted by Gasteiger charge is 2.19. The molecule has 0 amide bonds. The monoisotopic (exact) mass is 287 g/mol. The molecule has 0 saturated heterocycles. The third-order valence-electron chi connectivity index (χ3n) is 2.94. The van der Waals surface area contributed by atoms with Crippen LogP contribution in [-0.4, -0.2) is 55.3 Å². The van der Waals surface area contributed by atoms with E-state index in [-0.39, 0.29) is 6.61 Å². The maximum absolute atomic E-state index is 9.39. The Bertz CT molecular complexity index is 382. The zero-order chi connectivity index (χ0) is 14.4. The number of hydrogen-bond acceptors (Lipinski definition) is 6. The lowest BCUT2D eigenvalue weighted by Gasteiger charge is -2.29. The first-order chi connectivity index (χ1) is 9.03. The highest BCUT2D eigenvalue weighted by Crippen LogP contribution is 2.28. The Kier molecular flexibility index (Phi) is 6.71. The van der Waals surface area contributed by atoms with Gasteiger partial charge in [0, 0.05) is 26.2 Å². The number of aliphatic hydroxyl groups is 1. The van der Waals surface area contributed by atoms with Crippen LogP contribution in [0.1, 0.15) is 24.4 Å². The normalized spacial score (nSPS) is 13.0. The van der Waals surface area contributed by atoms with Crippen molar-refractivity contribution in [3.05, 3.63) is 10.6 Å². The van der Waals surface area contributed by atoms with Crippen molar-refractivity contribution in [3.8, 4) is 0 Å². The second-order valence-electron chi connectivity index (χ2n) is 4.85. The molecular weight excluding hydrogens is 262 g/mol. The maximum atomic E-state index is 9.39. The summed E-state index contributed by atoms with van der Waals surface area (Å²) in [4.78, 5) is 9.94. The Morgan fingerprint density at radius 1 is 1.42 bits per heavy atom. The minimum atomic E-state index is 0.0238. The molecule has 1 aromatic rings. The SMILES string of the molecule is CCN(c1nc(COC)c(CO)s1)C(C)CN(C)C. The number of rotatable bonds is 8. The Labute approximate surface area is 119 Å². The molecule has 0 aliphatic carbocycles. The van der Waals surface area contributed by atoms with Crippen LogP contribution in [0.4, 0.5) is 5.13 Å². The van der Waals surface area contributed by atoms with E-state index >= 15 is 0 Å². The molecule has 0 aliphatic heterocycles. The molecule has 1 heterocycles. The molecule has 0 saturated carbocycles. The van der Waals surface area contributed by atoms with Crippen LogP contribution >= 0.6 is 11.3 Å². The number of aliphatic hydroxyl groups excluding tert-OH is 1. The third-order valence-corrected chi connectivity index (χ3v) is 4.06. The smallest absolute Gasteiger partial charge is 0.186 e. The molecule has 0 fully saturated rings. The first kappa shape index (κ1) is 16.4. The number of ether oxygens (including phenoxy) is 1. The quantitative estimate of drug-likeness (QED) is 0.786. The maximum Gasteiger partial charge on any atom is 0.186 e. The minimum absolute atomic E-state index is 0.0238. The lowest BCUT2D eigenvalue weighted by molar-refractivity contribution is 0.179. The summed E-state index contributed by atoms with van der Waals surface area (Å²) in [7, 11) is 5.79. The zero-order valence-electron chi connectivity index (χ0n) is 12.5. The molecule has 110 valence electrons. The van der Waals surface area contributed by atoms with Gasteiger partial charge in [-0.05, 0) is 27.9 Å². The van der Waals surface area contributed by atoms with Crippen LogP contribution in [0.25, 0.3) is 0 Å². The van der Waals surface area contributed by atoms with Crippen molar-refractivity contribution < 1.29 is 9.84 Å². The fourth-order valence-electron chi connectivity index (χ4n) is 2.13. The van der Waals surface area contributed by atoms with Gasteiger partial charge in [-0.25, -0.2) is 4.98 Å². The van der Waals surface area contributed by atoms with Crippen LogP contribution in [0.5, 0.6) is 0 Å². The van der Waals surface area contributed by atoms with Gasteiger partial charge in [0.05, 0.1) is 23.8 Å². The molecule has 1 rings (SSSR count). The Hall–Kier alpha value is -0.690. The lowest BCUT2D eigenvalue weighted by Crippen LogP contribution is -2.40. The van der Waals surface area contributed by atoms with Crippen molar-refractivity contribution in [1.29, 1.82) is 0 Å². The molecule has 1 atom stereocenters. The summed E-state index contributed by atoms with van der Waals surface area (Å²) < 4.78 is 5.13. The fraction of sp³-hybridized carbons (Fsp3) is 0.769. The van der Waals surface area contributed by atoms with Gasteiger partial charge in [-0.15, -0.1) is 0 Å². The summed E-state index contributed by atoms with van der Waals surface area (Å²) in [6.45, 7) is 6.67. The summed E-state index contributed by atoms with van der Waals surface area (Å²) in [5.74, 6) is 0.